The average Bonchev–Trinajstić information content (AvgIpc) is 2.38. The minimum atomic E-state index is -0.385. The first kappa shape index (κ1) is 17.4. The van der Waals surface area contributed by atoms with Crippen molar-refractivity contribution in [1.82, 2.24) is 10.2 Å². The minimum Gasteiger partial charge on any atom is -0.392 e. The summed E-state index contributed by atoms with van der Waals surface area (Å²) in [5.41, 5.74) is -0.153. The van der Waals surface area contributed by atoms with Gasteiger partial charge in [0.2, 0.25) is 5.91 Å². The molecule has 1 saturated carbocycles. The molecule has 1 aliphatic rings. The van der Waals surface area contributed by atoms with Gasteiger partial charge in [0, 0.05) is 18.1 Å². The van der Waals surface area contributed by atoms with Crippen molar-refractivity contribution in [2.75, 3.05) is 13.1 Å². The maximum atomic E-state index is 12.2. The molecule has 2 N–H and O–H groups in total. The van der Waals surface area contributed by atoms with Crippen LogP contribution in [0.15, 0.2) is 0 Å². The molecule has 0 aromatic carbocycles. The molecule has 1 unspecified atom stereocenters. The van der Waals surface area contributed by atoms with E-state index in [0.29, 0.717) is 19.1 Å². The Morgan fingerprint density at radius 2 is 1.95 bits per heavy atom. The molecule has 0 radical (unpaired) electrons. The number of carbonyl (C=O) groups is 1. The first-order valence-corrected chi connectivity index (χ1v) is 8.07. The number of carbonyl (C=O) groups excluding carboxylic acids is 1. The molecule has 20 heavy (non-hydrogen) atoms. The summed E-state index contributed by atoms with van der Waals surface area (Å²) in [5.74, 6) is 0.0723. The Balaban J connectivity index is 2.57. The van der Waals surface area contributed by atoms with E-state index < -0.39 is 0 Å². The SMILES string of the molecule is CCC(C)(C)NC(=O)CN(CC(C)O)C1CCCCC1. The average molecular weight is 284 g/mol. The fourth-order valence-corrected chi connectivity index (χ4v) is 2.82. The van der Waals surface area contributed by atoms with Crippen molar-refractivity contribution in [3.05, 3.63) is 0 Å². The molecule has 0 aliphatic heterocycles. The van der Waals surface area contributed by atoms with Crippen LogP contribution >= 0.6 is 0 Å². The summed E-state index contributed by atoms with van der Waals surface area (Å²) in [4.78, 5) is 14.4. The van der Waals surface area contributed by atoms with Gasteiger partial charge in [-0.3, -0.25) is 9.69 Å². The predicted octanol–water partition coefficient (Wildman–Crippen LogP) is 2.31. The smallest absolute Gasteiger partial charge is 0.234 e. The number of nitrogens with zero attached hydrogens (tertiary/aromatic N) is 1. The highest BCUT2D eigenvalue weighted by molar-refractivity contribution is 5.78. The van der Waals surface area contributed by atoms with Crippen LogP contribution in [0.1, 0.15) is 66.2 Å². The fourth-order valence-electron chi connectivity index (χ4n) is 2.82. The van der Waals surface area contributed by atoms with E-state index in [1.54, 1.807) is 6.92 Å². The molecule has 0 aromatic rings. The number of aliphatic hydroxyl groups excluding tert-OH is 1. The second-order valence-corrected chi connectivity index (χ2v) is 6.86. The molecule has 1 rings (SSSR count). The van der Waals surface area contributed by atoms with Crippen LogP contribution in [0, 0.1) is 0 Å². The maximum absolute atomic E-state index is 12.2. The fraction of sp³-hybridized carbons (Fsp3) is 0.938. The second kappa shape index (κ2) is 7.99. The van der Waals surface area contributed by atoms with Gasteiger partial charge in [0.15, 0.2) is 0 Å². The zero-order chi connectivity index (χ0) is 15.2. The highest BCUT2D eigenvalue weighted by Gasteiger charge is 2.26. The molecule has 1 fully saturated rings. The van der Waals surface area contributed by atoms with E-state index in [1.807, 2.05) is 13.8 Å². The summed E-state index contributed by atoms with van der Waals surface area (Å²) in [6.45, 7) is 8.96. The van der Waals surface area contributed by atoms with Gasteiger partial charge in [-0.1, -0.05) is 26.2 Å². The lowest BCUT2D eigenvalue weighted by molar-refractivity contribution is -0.125. The number of aliphatic hydroxyl groups is 1. The molecular weight excluding hydrogens is 252 g/mol. The van der Waals surface area contributed by atoms with Crippen LogP contribution in [0.4, 0.5) is 0 Å². The van der Waals surface area contributed by atoms with Crippen molar-refractivity contribution < 1.29 is 9.90 Å². The lowest BCUT2D eigenvalue weighted by atomic mass is 9.94. The van der Waals surface area contributed by atoms with Crippen molar-refractivity contribution in [2.24, 2.45) is 0 Å². The zero-order valence-corrected chi connectivity index (χ0v) is 13.6. The van der Waals surface area contributed by atoms with Gasteiger partial charge < -0.3 is 10.4 Å². The summed E-state index contributed by atoms with van der Waals surface area (Å²) >= 11 is 0. The summed E-state index contributed by atoms with van der Waals surface area (Å²) in [6, 6.07) is 0.453. The predicted molar refractivity (Wildman–Crippen MR) is 82.6 cm³/mol. The molecule has 1 atom stereocenters. The van der Waals surface area contributed by atoms with Crippen LogP contribution in [-0.4, -0.2) is 46.7 Å². The number of hydrogen-bond donors (Lipinski definition) is 2. The largest absolute Gasteiger partial charge is 0.392 e. The molecule has 0 heterocycles. The normalized spacial score (nSPS) is 19.1. The Morgan fingerprint density at radius 3 is 2.45 bits per heavy atom. The van der Waals surface area contributed by atoms with Crippen LogP contribution in [-0.2, 0) is 4.79 Å². The van der Waals surface area contributed by atoms with E-state index in [4.69, 9.17) is 0 Å². The first-order chi connectivity index (χ1) is 9.34. The molecule has 0 aromatic heterocycles. The van der Waals surface area contributed by atoms with E-state index in [1.165, 1.54) is 19.3 Å². The van der Waals surface area contributed by atoms with Gasteiger partial charge in [-0.25, -0.2) is 0 Å². The van der Waals surface area contributed by atoms with Gasteiger partial charge in [-0.15, -0.1) is 0 Å². The molecule has 4 heteroatoms. The summed E-state index contributed by atoms with van der Waals surface area (Å²) < 4.78 is 0. The standard InChI is InChI=1S/C16H32N2O2/c1-5-16(3,4)17-15(20)12-18(11-13(2)19)14-9-7-6-8-10-14/h13-14,19H,5-12H2,1-4H3,(H,17,20). The van der Waals surface area contributed by atoms with Gasteiger partial charge in [0.05, 0.1) is 12.6 Å². The highest BCUT2D eigenvalue weighted by Crippen LogP contribution is 2.22. The van der Waals surface area contributed by atoms with E-state index in [0.717, 1.165) is 19.3 Å². The van der Waals surface area contributed by atoms with Gasteiger partial charge in [-0.05, 0) is 40.0 Å². The Morgan fingerprint density at radius 1 is 1.35 bits per heavy atom. The van der Waals surface area contributed by atoms with Crippen molar-refractivity contribution >= 4 is 5.91 Å². The van der Waals surface area contributed by atoms with Crippen LogP contribution < -0.4 is 5.32 Å². The first-order valence-electron chi connectivity index (χ1n) is 8.07. The topological polar surface area (TPSA) is 52.6 Å². The Bertz CT molecular complexity index is 297. The number of amides is 1. The summed E-state index contributed by atoms with van der Waals surface area (Å²) in [6.07, 6.45) is 6.61. The van der Waals surface area contributed by atoms with Crippen LogP contribution in [0.2, 0.25) is 0 Å². The second-order valence-electron chi connectivity index (χ2n) is 6.86. The van der Waals surface area contributed by atoms with E-state index in [9.17, 15) is 9.90 Å². The summed E-state index contributed by atoms with van der Waals surface area (Å²) in [5, 5.41) is 12.8. The molecule has 0 bridgehead atoms. The van der Waals surface area contributed by atoms with Gasteiger partial charge in [-0.2, -0.15) is 0 Å². The van der Waals surface area contributed by atoms with Crippen molar-refractivity contribution in [3.8, 4) is 0 Å². The maximum Gasteiger partial charge on any atom is 0.234 e. The van der Waals surface area contributed by atoms with Crippen molar-refractivity contribution in [1.29, 1.82) is 0 Å². The highest BCUT2D eigenvalue weighted by atomic mass is 16.3. The Kier molecular flexibility index (Phi) is 6.96. The third-order valence-corrected chi connectivity index (χ3v) is 4.30. The van der Waals surface area contributed by atoms with Crippen LogP contribution in [0.5, 0.6) is 0 Å². The number of hydrogen-bond acceptors (Lipinski definition) is 3. The van der Waals surface area contributed by atoms with Gasteiger partial charge in [0.1, 0.15) is 0 Å². The minimum absolute atomic E-state index is 0.0723. The monoisotopic (exact) mass is 284 g/mol. The molecule has 1 amide bonds. The van der Waals surface area contributed by atoms with Gasteiger partial charge >= 0.3 is 0 Å². The molecule has 118 valence electrons. The van der Waals surface area contributed by atoms with Crippen molar-refractivity contribution in [3.63, 3.8) is 0 Å². The van der Waals surface area contributed by atoms with E-state index >= 15 is 0 Å². The molecule has 0 spiro atoms. The Hall–Kier alpha value is -0.610. The number of rotatable bonds is 7. The molecular formula is C16H32N2O2. The van der Waals surface area contributed by atoms with Gasteiger partial charge in [0.25, 0.3) is 0 Å². The lowest BCUT2D eigenvalue weighted by Gasteiger charge is -2.35. The van der Waals surface area contributed by atoms with Crippen LogP contribution in [0.3, 0.4) is 0 Å². The van der Waals surface area contributed by atoms with Crippen molar-refractivity contribution in [2.45, 2.75) is 83.9 Å². The van der Waals surface area contributed by atoms with E-state index in [2.05, 4.69) is 17.1 Å². The quantitative estimate of drug-likeness (QED) is 0.754. The third kappa shape index (κ3) is 6.23. The zero-order valence-electron chi connectivity index (χ0n) is 13.6. The summed E-state index contributed by atoms with van der Waals surface area (Å²) in [7, 11) is 0. The molecule has 1 aliphatic carbocycles. The molecule has 4 nitrogen and oxygen atoms in total. The Labute approximate surface area is 123 Å². The molecule has 0 saturated heterocycles. The number of nitrogens with one attached hydrogen (secondary N) is 1. The van der Waals surface area contributed by atoms with Crippen LogP contribution in [0.25, 0.3) is 0 Å². The van der Waals surface area contributed by atoms with E-state index in [-0.39, 0.29) is 17.6 Å². The lowest BCUT2D eigenvalue weighted by Crippen LogP contribution is -2.51. The third-order valence-electron chi connectivity index (χ3n) is 4.30.